The molecular weight excluding hydrogens is 258 g/mol. The lowest BCUT2D eigenvalue weighted by Gasteiger charge is -2.16. The molecule has 1 heterocycles. The SMILES string of the molecule is COC(=O)NC1CCN(CCOc2ccc(N)cc2)C1. The van der Waals surface area contributed by atoms with Gasteiger partial charge in [-0.15, -0.1) is 0 Å². The Hall–Kier alpha value is -1.95. The van der Waals surface area contributed by atoms with Crippen molar-refractivity contribution in [3.05, 3.63) is 24.3 Å². The third-order valence-electron chi connectivity index (χ3n) is 3.34. The van der Waals surface area contributed by atoms with Crippen molar-refractivity contribution in [2.75, 3.05) is 39.1 Å². The Morgan fingerprint density at radius 2 is 2.20 bits per heavy atom. The van der Waals surface area contributed by atoms with Crippen LogP contribution in [0.15, 0.2) is 24.3 Å². The molecular formula is C14H21N3O3. The molecule has 1 atom stereocenters. The second kappa shape index (κ2) is 7.00. The Labute approximate surface area is 118 Å². The van der Waals surface area contributed by atoms with Crippen LogP contribution in [-0.2, 0) is 4.74 Å². The topological polar surface area (TPSA) is 76.8 Å². The Balaban J connectivity index is 1.65. The number of nitrogen functional groups attached to an aromatic ring is 1. The number of hydrogen-bond acceptors (Lipinski definition) is 5. The van der Waals surface area contributed by atoms with Gasteiger partial charge in [-0.2, -0.15) is 0 Å². The first-order valence-corrected chi connectivity index (χ1v) is 6.72. The molecule has 0 bridgehead atoms. The molecule has 0 aliphatic carbocycles. The quantitative estimate of drug-likeness (QED) is 0.789. The fourth-order valence-electron chi connectivity index (χ4n) is 2.24. The van der Waals surface area contributed by atoms with Crippen molar-refractivity contribution < 1.29 is 14.3 Å². The van der Waals surface area contributed by atoms with Crippen LogP contribution < -0.4 is 15.8 Å². The van der Waals surface area contributed by atoms with Crippen LogP contribution in [0.2, 0.25) is 0 Å². The summed E-state index contributed by atoms with van der Waals surface area (Å²) in [6.45, 7) is 3.25. The Kier molecular flexibility index (Phi) is 5.06. The molecule has 1 aromatic carbocycles. The molecule has 6 nitrogen and oxygen atoms in total. The third-order valence-corrected chi connectivity index (χ3v) is 3.34. The average molecular weight is 279 g/mol. The van der Waals surface area contributed by atoms with Crippen LogP contribution in [0, 0.1) is 0 Å². The molecule has 1 amide bonds. The highest BCUT2D eigenvalue weighted by molar-refractivity contribution is 5.67. The monoisotopic (exact) mass is 279 g/mol. The Bertz CT molecular complexity index is 436. The van der Waals surface area contributed by atoms with Gasteiger partial charge in [0.1, 0.15) is 12.4 Å². The van der Waals surface area contributed by atoms with E-state index in [2.05, 4.69) is 15.0 Å². The van der Waals surface area contributed by atoms with Crippen LogP contribution in [0.5, 0.6) is 5.75 Å². The molecule has 2 rings (SSSR count). The molecule has 1 aromatic rings. The van der Waals surface area contributed by atoms with Crippen molar-refractivity contribution in [2.24, 2.45) is 0 Å². The van der Waals surface area contributed by atoms with Crippen LogP contribution in [0.3, 0.4) is 0 Å². The van der Waals surface area contributed by atoms with Crippen LogP contribution >= 0.6 is 0 Å². The number of rotatable bonds is 5. The summed E-state index contributed by atoms with van der Waals surface area (Å²) in [5, 5.41) is 2.82. The van der Waals surface area contributed by atoms with E-state index in [4.69, 9.17) is 10.5 Å². The van der Waals surface area contributed by atoms with Gasteiger partial charge in [0.05, 0.1) is 7.11 Å². The minimum atomic E-state index is -0.366. The molecule has 1 aliphatic rings. The largest absolute Gasteiger partial charge is 0.492 e. The highest BCUT2D eigenvalue weighted by Gasteiger charge is 2.23. The molecule has 0 aromatic heterocycles. The normalized spacial score (nSPS) is 18.8. The fraction of sp³-hybridized carbons (Fsp3) is 0.500. The molecule has 1 saturated heterocycles. The molecule has 110 valence electrons. The van der Waals surface area contributed by atoms with Gasteiger partial charge < -0.3 is 20.5 Å². The molecule has 3 N–H and O–H groups in total. The molecule has 1 aliphatic heterocycles. The number of amides is 1. The summed E-state index contributed by atoms with van der Waals surface area (Å²) < 4.78 is 10.2. The summed E-state index contributed by atoms with van der Waals surface area (Å²) in [6.07, 6.45) is 0.576. The first-order chi connectivity index (χ1) is 9.67. The van der Waals surface area contributed by atoms with E-state index in [9.17, 15) is 4.79 Å². The summed E-state index contributed by atoms with van der Waals surface area (Å²) >= 11 is 0. The van der Waals surface area contributed by atoms with E-state index in [0.717, 1.165) is 37.5 Å². The molecule has 1 fully saturated rings. The molecule has 1 unspecified atom stereocenters. The van der Waals surface area contributed by atoms with Gasteiger partial charge in [0.2, 0.25) is 0 Å². The number of ether oxygens (including phenoxy) is 2. The number of carbonyl (C=O) groups is 1. The molecule has 20 heavy (non-hydrogen) atoms. The highest BCUT2D eigenvalue weighted by Crippen LogP contribution is 2.14. The van der Waals surface area contributed by atoms with Gasteiger partial charge in [0.25, 0.3) is 0 Å². The van der Waals surface area contributed by atoms with E-state index >= 15 is 0 Å². The van der Waals surface area contributed by atoms with Gasteiger partial charge in [-0.1, -0.05) is 0 Å². The lowest BCUT2D eigenvalue weighted by atomic mass is 10.3. The highest BCUT2D eigenvalue weighted by atomic mass is 16.5. The number of anilines is 1. The van der Waals surface area contributed by atoms with Gasteiger partial charge in [0, 0.05) is 31.4 Å². The van der Waals surface area contributed by atoms with E-state index < -0.39 is 0 Å². The van der Waals surface area contributed by atoms with Gasteiger partial charge in [-0.25, -0.2) is 4.79 Å². The zero-order valence-corrected chi connectivity index (χ0v) is 11.7. The van der Waals surface area contributed by atoms with Crippen molar-refractivity contribution in [3.8, 4) is 5.75 Å². The zero-order valence-electron chi connectivity index (χ0n) is 11.7. The van der Waals surface area contributed by atoms with E-state index in [1.807, 2.05) is 24.3 Å². The van der Waals surface area contributed by atoms with Gasteiger partial charge in [-0.3, -0.25) is 4.90 Å². The number of hydrogen-bond donors (Lipinski definition) is 2. The lowest BCUT2D eigenvalue weighted by Crippen LogP contribution is -2.37. The molecule has 6 heteroatoms. The smallest absolute Gasteiger partial charge is 0.407 e. The van der Waals surface area contributed by atoms with Gasteiger partial charge in [-0.05, 0) is 30.7 Å². The fourth-order valence-corrected chi connectivity index (χ4v) is 2.24. The number of nitrogens with zero attached hydrogens (tertiary/aromatic N) is 1. The maximum Gasteiger partial charge on any atom is 0.407 e. The minimum absolute atomic E-state index is 0.166. The number of methoxy groups -OCH3 is 1. The number of benzene rings is 1. The predicted octanol–water partition coefficient (Wildman–Crippen LogP) is 1.08. The number of alkyl carbamates (subject to hydrolysis) is 1. The summed E-state index contributed by atoms with van der Waals surface area (Å²) in [6, 6.07) is 7.53. The average Bonchev–Trinajstić information content (AvgIpc) is 2.88. The maximum absolute atomic E-state index is 11.1. The summed E-state index contributed by atoms with van der Waals surface area (Å²) in [5.41, 5.74) is 6.34. The lowest BCUT2D eigenvalue weighted by molar-refractivity contribution is 0.166. The Morgan fingerprint density at radius 1 is 1.45 bits per heavy atom. The van der Waals surface area contributed by atoms with Crippen molar-refractivity contribution in [2.45, 2.75) is 12.5 Å². The van der Waals surface area contributed by atoms with E-state index in [0.29, 0.717) is 6.61 Å². The van der Waals surface area contributed by atoms with Gasteiger partial charge >= 0.3 is 6.09 Å². The second-order valence-corrected chi connectivity index (χ2v) is 4.84. The first-order valence-electron chi connectivity index (χ1n) is 6.72. The first kappa shape index (κ1) is 14.5. The standard InChI is InChI=1S/C14H21N3O3/c1-19-14(18)16-12-6-7-17(10-12)8-9-20-13-4-2-11(15)3-5-13/h2-5,12H,6-10,15H2,1H3,(H,16,18). The number of nitrogens with one attached hydrogen (secondary N) is 1. The van der Waals surface area contributed by atoms with Crippen LogP contribution in [0.25, 0.3) is 0 Å². The minimum Gasteiger partial charge on any atom is -0.492 e. The second-order valence-electron chi connectivity index (χ2n) is 4.84. The van der Waals surface area contributed by atoms with E-state index in [-0.39, 0.29) is 12.1 Å². The summed E-state index contributed by atoms with van der Waals surface area (Å²) in [4.78, 5) is 13.4. The van der Waals surface area contributed by atoms with Crippen molar-refractivity contribution in [1.29, 1.82) is 0 Å². The molecule has 0 radical (unpaired) electrons. The number of nitrogens with two attached hydrogens (primary N) is 1. The summed E-state index contributed by atoms with van der Waals surface area (Å²) in [7, 11) is 1.38. The maximum atomic E-state index is 11.1. The van der Waals surface area contributed by atoms with E-state index in [1.165, 1.54) is 7.11 Å². The predicted molar refractivity (Wildman–Crippen MR) is 76.7 cm³/mol. The zero-order chi connectivity index (χ0) is 14.4. The molecule has 0 spiro atoms. The van der Waals surface area contributed by atoms with Crippen LogP contribution in [-0.4, -0.2) is 50.4 Å². The van der Waals surface area contributed by atoms with Crippen LogP contribution in [0.4, 0.5) is 10.5 Å². The van der Waals surface area contributed by atoms with Crippen molar-refractivity contribution in [3.63, 3.8) is 0 Å². The van der Waals surface area contributed by atoms with E-state index in [1.54, 1.807) is 0 Å². The third kappa shape index (κ3) is 4.31. The van der Waals surface area contributed by atoms with Crippen LogP contribution in [0.1, 0.15) is 6.42 Å². The number of carbonyl (C=O) groups excluding carboxylic acids is 1. The van der Waals surface area contributed by atoms with Gasteiger partial charge in [0.15, 0.2) is 0 Å². The van der Waals surface area contributed by atoms with Crippen molar-refractivity contribution in [1.82, 2.24) is 10.2 Å². The van der Waals surface area contributed by atoms with Crippen molar-refractivity contribution >= 4 is 11.8 Å². The molecule has 0 saturated carbocycles. The Morgan fingerprint density at radius 3 is 2.90 bits per heavy atom. The number of likely N-dealkylation sites (tertiary alicyclic amines) is 1. The summed E-state index contributed by atoms with van der Waals surface area (Å²) in [5.74, 6) is 0.822.